The lowest BCUT2D eigenvalue weighted by Crippen LogP contribution is -2.53. The Balaban J connectivity index is 0.000000165. The Hall–Kier alpha value is -5.59. The van der Waals surface area contributed by atoms with Crippen LogP contribution in [0.25, 0.3) is 11.3 Å². The fourth-order valence-electron chi connectivity index (χ4n) is 10.6. The summed E-state index contributed by atoms with van der Waals surface area (Å²) in [7, 11) is 0. The summed E-state index contributed by atoms with van der Waals surface area (Å²) in [6, 6.07) is 25.6. The highest BCUT2D eigenvalue weighted by Gasteiger charge is 2.43. The van der Waals surface area contributed by atoms with Crippen molar-refractivity contribution < 1.29 is 23.0 Å². The molecule has 4 aliphatic rings. The van der Waals surface area contributed by atoms with Crippen molar-refractivity contribution in [3.05, 3.63) is 141 Å². The number of piperidine rings is 2. The molecule has 4 saturated heterocycles. The van der Waals surface area contributed by atoms with Crippen molar-refractivity contribution in [2.24, 2.45) is 5.73 Å². The van der Waals surface area contributed by atoms with Gasteiger partial charge in [0.15, 0.2) is 11.3 Å². The number of halogens is 2. The highest BCUT2D eigenvalue weighted by atomic mass is 19.1. The molecule has 344 valence electrons. The molecule has 0 spiro atoms. The Morgan fingerprint density at radius 3 is 1.52 bits per heavy atom. The van der Waals surface area contributed by atoms with Gasteiger partial charge >= 0.3 is 11.4 Å². The van der Waals surface area contributed by atoms with Crippen molar-refractivity contribution in [2.45, 2.75) is 133 Å². The first-order valence-electron chi connectivity index (χ1n) is 22.9. The van der Waals surface area contributed by atoms with Crippen LogP contribution in [0, 0.1) is 11.6 Å². The van der Waals surface area contributed by atoms with Gasteiger partial charge < -0.3 is 20.5 Å². The van der Waals surface area contributed by atoms with E-state index >= 15 is 0 Å². The number of carbonyl (C=O) groups excluding carboxylic acids is 1. The third kappa shape index (κ3) is 10.3. The molecule has 4 fully saturated rings. The molecule has 4 aliphatic heterocycles. The Labute approximate surface area is 375 Å². The number of ether oxygens (including phenoxy) is 2. The van der Waals surface area contributed by atoms with Gasteiger partial charge in [-0.1, -0.05) is 48.5 Å². The minimum Gasteiger partial charge on any atom is -0.373 e. The second kappa shape index (κ2) is 19.9. The first-order valence-corrected chi connectivity index (χ1v) is 22.9. The first kappa shape index (κ1) is 44.6. The van der Waals surface area contributed by atoms with Crippen molar-refractivity contribution in [3.63, 3.8) is 0 Å². The lowest BCUT2D eigenvalue weighted by molar-refractivity contribution is -0.120. The molecule has 0 saturated carbocycles. The second-order valence-electron chi connectivity index (χ2n) is 18.1. The highest BCUT2D eigenvalue weighted by Crippen LogP contribution is 2.38. The van der Waals surface area contributed by atoms with E-state index in [0.717, 1.165) is 57.9 Å². The van der Waals surface area contributed by atoms with Crippen LogP contribution in [0.2, 0.25) is 0 Å². The molecule has 65 heavy (non-hydrogen) atoms. The highest BCUT2D eigenvalue weighted by molar-refractivity contribution is 5.73. The second-order valence-corrected chi connectivity index (χ2v) is 18.1. The van der Waals surface area contributed by atoms with E-state index in [0.29, 0.717) is 72.8 Å². The van der Waals surface area contributed by atoms with Gasteiger partial charge in [-0.2, -0.15) is 0 Å². The summed E-state index contributed by atoms with van der Waals surface area (Å²) < 4.78 is 45.9. The summed E-state index contributed by atoms with van der Waals surface area (Å²) in [6.07, 6.45) is 11.7. The molecule has 8 heterocycles. The molecule has 17 heteroatoms. The van der Waals surface area contributed by atoms with Crippen LogP contribution < -0.4 is 22.4 Å². The maximum absolute atomic E-state index is 13.9. The third-order valence-electron chi connectivity index (χ3n) is 13.6. The van der Waals surface area contributed by atoms with E-state index in [1.54, 1.807) is 48.8 Å². The lowest BCUT2D eigenvalue weighted by atomic mass is 9.98. The topological polar surface area (TPSA) is 159 Å². The number of nitrogens with one attached hydrogen (secondary N) is 1. The summed E-state index contributed by atoms with van der Waals surface area (Å²) in [5.41, 5.74) is 8.48. The van der Waals surface area contributed by atoms with E-state index in [9.17, 15) is 23.2 Å². The summed E-state index contributed by atoms with van der Waals surface area (Å²) in [5, 5.41) is 11.8. The standard InChI is InChI=1S/C25H30FN5O3.C23H28FN5O2/c1-17(32)27-19(15-31-25(33)29-11-5-4-8-24(29)28-31)14-30-20-9-10-21(30)13-22(12-20)34-16-18-6-2-3-7-23(18)26;24-21-6-2-1-5-16(21)15-31-20-11-18-8-9-19(12-20)28(18)13-17(25)14-29-23(30)27-10-4-3-7-22(27)26-29/h2-8,11,19-22H,9-10,12-16H2,1H3,(H,27,32);1-7,10,17-20H,8-9,11-15,25H2. The Kier molecular flexibility index (Phi) is 13.6. The molecule has 1 amide bonds. The normalized spacial score (nSPS) is 23.9. The van der Waals surface area contributed by atoms with Gasteiger partial charge in [-0.05, 0) is 87.8 Å². The van der Waals surface area contributed by atoms with E-state index in [-0.39, 0.29) is 59.8 Å². The van der Waals surface area contributed by atoms with E-state index in [4.69, 9.17) is 15.2 Å². The molecule has 3 N–H and O–H groups in total. The number of rotatable bonds is 15. The average Bonchev–Trinajstić information content (AvgIpc) is 3.93. The fourth-order valence-corrected chi connectivity index (χ4v) is 10.6. The molecule has 15 nitrogen and oxygen atoms in total. The zero-order valence-corrected chi connectivity index (χ0v) is 36.7. The largest absolute Gasteiger partial charge is 0.373 e. The van der Waals surface area contributed by atoms with Gasteiger partial charge in [0, 0.05) is 73.7 Å². The zero-order chi connectivity index (χ0) is 45.0. The number of amides is 1. The smallest absolute Gasteiger partial charge is 0.350 e. The van der Waals surface area contributed by atoms with Crippen molar-refractivity contribution in [1.29, 1.82) is 0 Å². The molecule has 6 aromatic rings. The molecule has 6 atom stereocenters. The maximum Gasteiger partial charge on any atom is 0.350 e. The molecule has 6 unspecified atom stereocenters. The van der Waals surface area contributed by atoms with Gasteiger partial charge in [0.1, 0.15) is 11.6 Å². The SMILES string of the molecule is CC(=O)NC(CN1C2CCC1CC(OCc1ccccc1F)C2)Cn1nc2ccccn2c1=O.NC(CN1C2CCC1CC(OCc1ccccc1F)C2)Cn1nc2ccccn2c1=O. The number of fused-ring (bicyclic) bond motifs is 6. The number of benzene rings is 2. The van der Waals surface area contributed by atoms with Crippen molar-refractivity contribution in [2.75, 3.05) is 13.1 Å². The quantitative estimate of drug-likeness (QED) is 0.150. The van der Waals surface area contributed by atoms with Crippen LogP contribution in [0.1, 0.15) is 69.4 Å². The van der Waals surface area contributed by atoms with Crippen LogP contribution in [-0.4, -0.2) is 106 Å². The minimum atomic E-state index is -0.237. The number of hydrogen-bond acceptors (Lipinski definition) is 10. The molecule has 0 aliphatic carbocycles. The van der Waals surface area contributed by atoms with Crippen LogP contribution in [0.3, 0.4) is 0 Å². The number of aromatic nitrogens is 6. The molecular weight excluding hydrogens is 835 g/mol. The summed E-state index contributed by atoms with van der Waals surface area (Å²) in [4.78, 5) is 42.1. The van der Waals surface area contributed by atoms with E-state index < -0.39 is 0 Å². The predicted molar refractivity (Wildman–Crippen MR) is 240 cm³/mol. The zero-order valence-electron chi connectivity index (χ0n) is 36.7. The van der Waals surface area contributed by atoms with E-state index in [2.05, 4.69) is 25.3 Å². The van der Waals surface area contributed by atoms with Gasteiger partial charge in [-0.25, -0.2) is 27.7 Å². The number of hydrogen-bond donors (Lipinski definition) is 2. The van der Waals surface area contributed by atoms with E-state index in [1.165, 1.54) is 37.2 Å². The molecule has 2 aromatic carbocycles. The Bertz CT molecular complexity index is 2670. The molecule has 4 aromatic heterocycles. The summed E-state index contributed by atoms with van der Waals surface area (Å²) >= 11 is 0. The number of nitrogens with zero attached hydrogens (tertiary/aromatic N) is 8. The number of pyridine rings is 2. The van der Waals surface area contributed by atoms with Gasteiger partial charge in [-0.3, -0.25) is 23.4 Å². The van der Waals surface area contributed by atoms with Gasteiger partial charge in [0.2, 0.25) is 5.91 Å². The fraction of sp³-hybridized carbons (Fsp3) is 0.479. The number of nitrogens with two attached hydrogens (primary N) is 1. The van der Waals surface area contributed by atoms with Crippen molar-refractivity contribution in [3.8, 4) is 0 Å². The Morgan fingerprint density at radius 1 is 0.646 bits per heavy atom. The third-order valence-corrected chi connectivity index (χ3v) is 13.6. The lowest BCUT2D eigenvalue weighted by Gasteiger charge is -2.40. The van der Waals surface area contributed by atoms with E-state index in [1.807, 2.05) is 36.4 Å². The molecular formula is C48H58F2N10O5. The van der Waals surface area contributed by atoms with Crippen LogP contribution in [-0.2, 0) is 40.6 Å². The first-order chi connectivity index (χ1) is 31.6. The average molecular weight is 893 g/mol. The molecule has 10 rings (SSSR count). The maximum atomic E-state index is 13.9. The monoisotopic (exact) mass is 892 g/mol. The van der Waals surface area contributed by atoms with Crippen LogP contribution in [0.4, 0.5) is 8.78 Å². The Morgan fingerprint density at radius 2 is 1.08 bits per heavy atom. The minimum absolute atomic E-state index is 0.0913. The van der Waals surface area contributed by atoms with Crippen LogP contribution in [0.5, 0.6) is 0 Å². The summed E-state index contributed by atoms with van der Waals surface area (Å²) in [5.74, 6) is -0.573. The van der Waals surface area contributed by atoms with Crippen molar-refractivity contribution >= 4 is 17.2 Å². The van der Waals surface area contributed by atoms with Crippen molar-refractivity contribution in [1.82, 2.24) is 43.5 Å². The van der Waals surface area contributed by atoms with Crippen LogP contribution >= 0.6 is 0 Å². The number of carbonyl (C=O) groups is 1. The molecule has 0 radical (unpaired) electrons. The predicted octanol–water partition coefficient (Wildman–Crippen LogP) is 4.53. The van der Waals surface area contributed by atoms with Gasteiger partial charge in [0.05, 0.1) is 44.6 Å². The van der Waals surface area contributed by atoms with Crippen LogP contribution in [0.15, 0.2) is 107 Å². The van der Waals surface area contributed by atoms with Gasteiger partial charge in [0.25, 0.3) is 0 Å². The molecule has 4 bridgehead atoms. The van der Waals surface area contributed by atoms with Gasteiger partial charge in [-0.15, -0.1) is 10.2 Å². The summed E-state index contributed by atoms with van der Waals surface area (Å²) in [6.45, 7) is 4.17.